The van der Waals surface area contributed by atoms with Crippen molar-refractivity contribution < 1.29 is 13.2 Å². The van der Waals surface area contributed by atoms with E-state index in [2.05, 4.69) is 15.9 Å². The molecule has 0 saturated heterocycles. The Hall–Kier alpha value is -0.160. The Kier molecular flexibility index (Phi) is 4.88. The van der Waals surface area contributed by atoms with Crippen LogP contribution in [-0.2, 0) is 6.18 Å². The Morgan fingerprint density at radius 1 is 1.21 bits per heavy atom. The number of hydrogen-bond donors (Lipinski definition) is 0. The van der Waals surface area contributed by atoms with Crippen molar-refractivity contribution in [3.8, 4) is 0 Å². The molecule has 19 heavy (non-hydrogen) atoms. The summed E-state index contributed by atoms with van der Waals surface area (Å²) in [6.45, 7) is 0. The lowest BCUT2D eigenvalue weighted by Gasteiger charge is -2.26. The summed E-state index contributed by atoms with van der Waals surface area (Å²) >= 11 is 5.10. The molecule has 1 fully saturated rings. The van der Waals surface area contributed by atoms with Crippen molar-refractivity contribution in [3.05, 3.63) is 29.8 Å². The summed E-state index contributed by atoms with van der Waals surface area (Å²) in [4.78, 5) is 0.710. The van der Waals surface area contributed by atoms with E-state index in [0.29, 0.717) is 4.90 Å². The number of hydrogen-bond acceptors (Lipinski definition) is 1. The van der Waals surface area contributed by atoms with Crippen molar-refractivity contribution in [2.75, 3.05) is 11.1 Å². The van der Waals surface area contributed by atoms with Crippen molar-refractivity contribution in [3.63, 3.8) is 0 Å². The zero-order chi connectivity index (χ0) is 13.9. The van der Waals surface area contributed by atoms with E-state index in [4.69, 9.17) is 0 Å². The second kappa shape index (κ2) is 6.08. The van der Waals surface area contributed by atoms with Crippen LogP contribution in [0.1, 0.15) is 31.2 Å². The maximum absolute atomic E-state index is 12.6. The van der Waals surface area contributed by atoms with E-state index in [-0.39, 0.29) is 5.41 Å². The second-order valence-electron chi connectivity index (χ2n) is 5.16. The number of benzene rings is 1. The molecule has 2 rings (SSSR count). The first kappa shape index (κ1) is 15.2. The summed E-state index contributed by atoms with van der Waals surface area (Å²) in [7, 11) is 0. The van der Waals surface area contributed by atoms with Crippen LogP contribution in [0, 0.1) is 5.41 Å². The van der Waals surface area contributed by atoms with Crippen LogP contribution in [0.15, 0.2) is 29.2 Å². The van der Waals surface area contributed by atoms with Crippen molar-refractivity contribution in [1.82, 2.24) is 0 Å². The highest BCUT2D eigenvalue weighted by atomic mass is 79.9. The van der Waals surface area contributed by atoms with Gasteiger partial charge in [0.05, 0.1) is 5.56 Å². The molecule has 0 N–H and O–H groups in total. The third-order valence-electron chi connectivity index (χ3n) is 3.65. The molecule has 5 heteroatoms. The van der Waals surface area contributed by atoms with Gasteiger partial charge in [0.2, 0.25) is 0 Å². The standard InChI is InChI=1S/C14H16BrF3S/c15-9-13(6-1-2-7-13)10-19-12-5-3-4-11(8-12)14(16,17)18/h3-5,8H,1-2,6-7,9-10H2. The van der Waals surface area contributed by atoms with Crippen molar-refractivity contribution in [1.29, 1.82) is 0 Å². The minimum Gasteiger partial charge on any atom is -0.166 e. The number of thioether (sulfide) groups is 1. The molecular weight excluding hydrogens is 337 g/mol. The molecule has 106 valence electrons. The van der Waals surface area contributed by atoms with Gasteiger partial charge in [-0.15, -0.1) is 11.8 Å². The quantitative estimate of drug-likeness (QED) is 0.490. The van der Waals surface area contributed by atoms with Gasteiger partial charge in [-0.2, -0.15) is 13.2 Å². The van der Waals surface area contributed by atoms with Gasteiger partial charge < -0.3 is 0 Å². The first-order chi connectivity index (χ1) is 8.95. The van der Waals surface area contributed by atoms with Gasteiger partial charge in [-0.25, -0.2) is 0 Å². The van der Waals surface area contributed by atoms with Gasteiger partial charge in [0, 0.05) is 16.0 Å². The van der Waals surface area contributed by atoms with E-state index in [1.54, 1.807) is 17.8 Å². The zero-order valence-corrected chi connectivity index (χ0v) is 12.9. The van der Waals surface area contributed by atoms with E-state index < -0.39 is 11.7 Å². The third-order valence-corrected chi connectivity index (χ3v) is 6.19. The second-order valence-corrected chi connectivity index (χ2v) is 6.76. The molecule has 0 radical (unpaired) electrons. The van der Waals surface area contributed by atoms with Crippen molar-refractivity contribution >= 4 is 27.7 Å². The fourth-order valence-corrected chi connectivity index (χ4v) is 4.71. The molecule has 1 aliphatic rings. The highest BCUT2D eigenvalue weighted by Gasteiger charge is 2.33. The lowest BCUT2D eigenvalue weighted by molar-refractivity contribution is -0.137. The molecule has 0 unspecified atom stereocenters. The Morgan fingerprint density at radius 2 is 1.89 bits per heavy atom. The normalized spacial score (nSPS) is 18.7. The predicted molar refractivity (Wildman–Crippen MR) is 76.9 cm³/mol. The van der Waals surface area contributed by atoms with Crippen molar-refractivity contribution in [2.24, 2.45) is 5.41 Å². The Morgan fingerprint density at radius 3 is 2.47 bits per heavy atom. The van der Waals surface area contributed by atoms with Crippen LogP contribution in [-0.4, -0.2) is 11.1 Å². The molecule has 0 aliphatic heterocycles. The highest BCUT2D eigenvalue weighted by molar-refractivity contribution is 9.09. The van der Waals surface area contributed by atoms with E-state index in [1.807, 2.05) is 0 Å². The molecule has 0 bridgehead atoms. The van der Waals surface area contributed by atoms with E-state index >= 15 is 0 Å². The summed E-state index contributed by atoms with van der Waals surface area (Å²) in [5, 5.41) is 0.936. The fraction of sp³-hybridized carbons (Fsp3) is 0.571. The van der Waals surface area contributed by atoms with Gasteiger partial charge in [-0.3, -0.25) is 0 Å². The number of rotatable bonds is 4. The number of halogens is 4. The first-order valence-electron chi connectivity index (χ1n) is 6.31. The lowest BCUT2D eigenvalue weighted by Crippen LogP contribution is -2.21. The molecule has 1 aromatic rings. The average molecular weight is 353 g/mol. The van der Waals surface area contributed by atoms with Gasteiger partial charge in [0.15, 0.2) is 0 Å². The summed E-state index contributed by atoms with van der Waals surface area (Å²) in [5.41, 5.74) is -0.296. The van der Waals surface area contributed by atoms with Crippen LogP contribution in [0.25, 0.3) is 0 Å². The molecule has 0 heterocycles. The largest absolute Gasteiger partial charge is 0.416 e. The van der Waals surface area contributed by atoms with Crippen LogP contribution >= 0.6 is 27.7 Å². The summed E-state index contributed by atoms with van der Waals surface area (Å²) in [6.07, 6.45) is 0.551. The Labute approximate surface area is 124 Å². The van der Waals surface area contributed by atoms with Crippen LogP contribution in [0.5, 0.6) is 0 Å². The topological polar surface area (TPSA) is 0 Å². The van der Waals surface area contributed by atoms with E-state index in [1.165, 1.54) is 37.8 Å². The minimum atomic E-state index is -4.25. The molecule has 0 aromatic heterocycles. The summed E-state index contributed by atoms with van der Waals surface area (Å²) in [6, 6.07) is 5.62. The molecule has 0 atom stereocenters. The SMILES string of the molecule is FC(F)(F)c1cccc(SCC2(CBr)CCCC2)c1. The average Bonchev–Trinajstić information content (AvgIpc) is 2.85. The highest BCUT2D eigenvalue weighted by Crippen LogP contribution is 2.43. The monoisotopic (exact) mass is 352 g/mol. The molecule has 1 aromatic carbocycles. The smallest absolute Gasteiger partial charge is 0.166 e. The predicted octanol–water partition coefficient (Wildman–Crippen LogP) is 5.75. The van der Waals surface area contributed by atoms with Crippen LogP contribution < -0.4 is 0 Å². The molecule has 0 spiro atoms. The Balaban J connectivity index is 2.03. The third kappa shape index (κ3) is 3.91. The van der Waals surface area contributed by atoms with E-state index in [9.17, 15) is 13.2 Å². The minimum absolute atomic E-state index is 0.263. The zero-order valence-electron chi connectivity index (χ0n) is 10.5. The molecular formula is C14H16BrF3S. The van der Waals surface area contributed by atoms with Gasteiger partial charge in [0.25, 0.3) is 0 Å². The fourth-order valence-electron chi connectivity index (χ4n) is 2.44. The van der Waals surface area contributed by atoms with Gasteiger partial charge in [-0.05, 0) is 36.5 Å². The van der Waals surface area contributed by atoms with Crippen LogP contribution in [0.4, 0.5) is 13.2 Å². The van der Waals surface area contributed by atoms with E-state index in [0.717, 1.165) is 17.1 Å². The van der Waals surface area contributed by atoms with Gasteiger partial charge >= 0.3 is 6.18 Å². The molecule has 0 nitrogen and oxygen atoms in total. The van der Waals surface area contributed by atoms with Crippen LogP contribution in [0.2, 0.25) is 0 Å². The molecule has 1 saturated carbocycles. The van der Waals surface area contributed by atoms with Gasteiger partial charge in [-0.1, -0.05) is 34.8 Å². The molecule has 1 aliphatic carbocycles. The maximum atomic E-state index is 12.6. The maximum Gasteiger partial charge on any atom is 0.416 e. The summed E-state index contributed by atoms with van der Waals surface area (Å²) in [5.74, 6) is 0.888. The van der Waals surface area contributed by atoms with Crippen LogP contribution in [0.3, 0.4) is 0 Å². The van der Waals surface area contributed by atoms with Crippen molar-refractivity contribution in [2.45, 2.75) is 36.8 Å². The lowest BCUT2D eigenvalue weighted by atomic mass is 9.92. The summed E-state index contributed by atoms with van der Waals surface area (Å²) < 4.78 is 37.9. The Bertz CT molecular complexity index is 425. The van der Waals surface area contributed by atoms with Gasteiger partial charge in [0.1, 0.15) is 0 Å². The number of alkyl halides is 4. The first-order valence-corrected chi connectivity index (χ1v) is 8.42. The molecule has 0 amide bonds.